The van der Waals surface area contributed by atoms with Crippen LogP contribution in [0.2, 0.25) is 0 Å². The Bertz CT molecular complexity index is 1150. The van der Waals surface area contributed by atoms with E-state index in [1.54, 1.807) is 0 Å². The monoisotopic (exact) mass is 999 g/mol. The van der Waals surface area contributed by atoms with Crippen LogP contribution in [0.15, 0.2) is 24.3 Å². The lowest BCUT2D eigenvalue weighted by molar-refractivity contribution is -0.167. The second-order valence-electron chi connectivity index (χ2n) is 21.7. The van der Waals surface area contributed by atoms with Gasteiger partial charge in [0.1, 0.15) is 13.2 Å². The summed E-state index contributed by atoms with van der Waals surface area (Å²) in [7, 11) is 0. The summed E-state index contributed by atoms with van der Waals surface area (Å²) in [6.45, 7) is 6.69. The Kier molecular flexibility index (Phi) is 58.6. The van der Waals surface area contributed by atoms with E-state index in [9.17, 15) is 14.4 Å². The Hall–Kier alpha value is -2.11. The maximum Gasteiger partial charge on any atom is 0.306 e. The summed E-state index contributed by atoms with van der Waals surface area (Å²) in [6.07, 6.45) is 71.8. The lowest BCUT2D eigenvalue weighted by Crippen LogP contribution is -2.30. The minimum Gasteiger partial charge on any atom is -0.462 e. The van der Waals surface area contributed by atoms with Gasteiger partial charge in [0.15, 0.2) is 6.10 Å². The number of carbonyl (C=O) groups excluding carboxylic acids is 3. The summed E-state index contributed by atoms with van der Waals surface area (Å²) < 4.78 is 16.9. The molecule has 0 saturated carbocycles. The predicted octanol–water partition coefficient (Wildman–Crippen LogP) is 21.4. The van der Waals surface area contributed by atoms with Crippen molar-refractivity contribution in [3.63, 3.8) is 0 Å². The minimum atomic E-state index is -0.774. The van der Waals surface area contributed by atoms with Gasteiger partial charge in [-0.1, -0.05) is 289 Å². The SMILES string of the molecule is CCCCCCCC/C=C\CCCCCCCCCC(=O)OC(COC(=O)CCCCCCC/C=C\CCCCCCCC)COC(=O)CCCCCCCCCCCCCCCCCCCCCCC. The molecule has 0 bridgehead atoms. The molecule has 0 fully saturated rings. The van der Waals surface area contributed by atoms with E-state index < -0.39 is 6.10 Å². The third kappa shape index (κ3) is 58.7. The van der Waals surface area contributed by atoms with Gasteiger partial charge in [0, 0.05) is 19.3 Å². The lowest BCUT2D eigenvalue weighted by Gasteiger charge is -2.18. The van der Waals surface area contributed by atoms with Crippen LogP contribution in [0.4, 0.5) is 0 Å². The lowest BCUT2D eigenvalue weighted by atomic mass is 10.0. The van der Waals surface area contributed by atoms with E-state index in [-0.39, 0.29) is 31.1 Å². The van der Waals surface area contributed by atoms with Gasteiger partial charge < -0.3 is 14.2 Å². The molecule has 0 saturated heterocycles. The van der Waals surface area contributed by atoms with Crippen LogP contribution in [-0.4, -0.2) is 37.2 Å². The zero-order chi connectivity index (χ0) is 51.4. The van der Waals surface area contributed by atoms with Crippen LogP contribution in [0.25, 0.3) is 0 Å². The first kappa shape index (κ1) is 68.9. The molecule has 6 heteroatoms. The van der Waals surface area contributed by atoms with Crippen molar-refractivity contribution in [2.24, 2.45) is 0 Å². The zero-order valence-corrected chi connectivity index (χ0v) is 48.0. The van der Waals surface area contributed by atoms with Crippen LogP contribution in [0, 0.1) is 0 Å². The molecule has 0 aromatic rings. The summed E-state index contributed by atoms with van der Waals surface area (Å²) in [4.78, 5) is 38.3. The molecule has 0 amide bonds. The molecule has 71 heavy (non-hydrogen) atoms. The summed E-state index contributed by atoms with van der Waals surface area (Å²) in [5.41, 5.74) is 0. The van der Waals surface area contributed by atoms with Crippen molar-refractivity contribution in [3.05, 3.63) is 24.3 Å². The number of hydrogen-bond acceptors (Lipinski definition) is 6. The van der Waals surface area contributed by atoms with Crippen LogP contribution < -0.4 is 0 Å². The average molecular weight is 1000 g/mol. The van der Waals surface area contributed by atoms with E-state index >= 15 is 0 Å². The van der Waals surface area contributed by atoms with Crippen LogP contribution in [0.5, 0.6) is 0 Å². The summed E-state index contributed by atoms with van der Waals surface area (Å²) in [6, 6.07) is 0. The molecule has 0 aromatic heterocycles. The quantitative estimate of drug-likeness (QED) is 0.0261. The average Bonchev–Trinajstić information content (AvgIpc) is 3.37. The van der Waals surface area contributed by atoms with Crippen molar-refractivity contribution in [2.75, 3.05) is 13.2 Å². The predicted molar refractivity (Wildman–Crippen MR) is 307 cm³/mol. The first-order valence-electron chi connectivity index (χ1n) is 31.8. The van der Waals surface area contributed by atoms with Crippen LogP contribution in [0.3, 0.4) is 0 Å². The van der Waals surface area contributed by atoms with Gasteiger partial charge in [-0.3, -0.25) is 14.4 Å². The Morgan fingerprint density at radius 2 is 0.465 bits per heavy atom. The number of unbranched alkanes of at least 4 members (excludes halogenated alkanes) is 44. The fourth-order valence-electron chi connectivity index (χ4n) is 9.61. The Morgan fingerprint density at radius 1 is 0.268 bits per heavy atom. The summed E-state index contributed by atoms with van der Waals surface area (Å²) >= 11 is 0. The maximum absolute atomic E-state index is 12.9. The van der Waals surface area contributed by atoms with E-state index in [2.05, 4.69) is 45.1 Å². The highest BCUT2D eigenvalue weighted by Crippen LogP contribution is 2.17. The van der Waals surface area contributed by atoms with E-state index in [0.717, 1.165) is 64.2 Å². The molecule has 0 aliphatic carbocycles. The van der Waals surface area contributed by atoms with Gasteiger partial charge in [-0.2, -0.15) is 0 Å². The molecule has 0 spiro atoms. The van der Waals surface area contributed by atoms with E-state index in [1.807, 2.05) is 0 Å². The van der Waals surface area contributed by atoms with Gasteiger partial charge in [-0.05, 0) is 70.6 Å². The molecule has 418 valence electrons. The third-order valence-electron chi connectivity index (χ3n) is 14.4. The largest absolute Gasteiger partial charge is 0.462 e. The van der Waals surface area contributed by atoms with Gasteiger partial charge in [0.25, 0.3) is 0 Å². The highest BCUT2D eigenvalue weighted by molar-refractivity contribution is 5.71. The number of hydrogen-bond donors (Lipinski definition) is 0. The molecule has 6 nitrogen and oxygen atoms in total. The smallest absolute Gasteiger partial charge is 0.306 e. The Labute approximate surface area is 443 Å². The van der Waals surface area contributed by atoms with Gasteiger partial charge >= 0.3 is 17.9 Å². The van der Waals surface area contributed by atoms with Crippen LogP contribution in [0.1, 0.15) is 355 Å². The molecule has 1 unspecified atom stereocenters. The second kappa shape index (κ2) is 60.4. The fraction of sp³-hybridized carbons (Fsp3) is 0.892. The zero-order valence-electron chi connectivity index (χ0n) is 48.0. The van der Waals surface area contributed by atoms with Gasteiger partial charge in [-0.25, -0.2) is 0 Å². The van der Waals surface area contributed by atoms with Crippen LogP contribution >= 0.6 is 0 Å². The number of carbonyl (C=O) groups is 3. The molecule has 0 N–H and O–H groups in total. The van der Waals surface area contributed by atoms with Crippen LogP contribution in [-0.2, 0) is 28.6 Å². The Balaban J connectivity index is 4.30. The Morgan fingerprint density at radius 3 is 0.704 bits per heavy atom. The molecular formula is C65H122O6. The fourth-order valence-corrected chi connectivity index (χ4v) is 9.61. The number of allylic oxidation sites excluding steroid dienone is 4. The van der Waals surface area contributed by atoms with E-state index in [1.165, 1.54) is 250 Å². The van der Waals surface area contributed by atoms with E-state index in [4.69, 9.17) is 14.2 Å². The molecule has 0 aromatic carbocycles. The minimum absolute atomic E-state index is 0.0707. The molecular weight excluding hydrogens is 877 g/mol. The molecule has 0 radical (unpaired) electrons. The molecule has 0 aliphatic heterocycles. The molecule has 0 heterocycles. The van der Waals surface area contributed by atoms with E-state index in [0.29, 0.717) is 19.3 Å². The first-order valence-corrected chi connectivity index (χ1v) is 31.8. The van der Waals surface area contributed by atoms with Crippen molar-refractivity contribution >= 4 is 17.9 Å². The second-order valence-corrected chi connectivity index (χ2v) is 21.7. The first-order chi connectivity index (χ1) is 35.0. The summed E-state index contributed by atoms with van der Waals surface area (Å²) in [5, 5.41) is 0. The number of rotatable bonds is 59. The van der Waals surface area contributed by atoms with Crippen molar-refractivity contribution < 1.29 is 28.6 Å². The maximum atomic E-state index is 12.9. The highest BCUT2D eigenvalue weighted by atomic mass is 16.6. The normalized spacial score (nSPS) is 12.1. The van der Waals surface area contributed by atoms with Gasteiger partial charge in [0.05, 0.1) is 0 Å². The third-order valence-corrected chi connectivity index (χ3v) is 14.4. The van der Waals surface area contributed by atoms with Gasteiger partial charge in [-0.15, -0.1) is 0 Å². The molecule has 0 aliphatic rings. The summed E-state index contributed by atoms with van der Waals surface area (Å²) in [5.74, 6) is -0.858. The van der Waals surface area contributed by atoms with Crippen molar-refractivity contribution in [2.45, 2.75) is 361 Å². The van der Waals surface area contributed by atoms with Crippen molar-refractivity contribution in [1.29, 1.82) is 0 Å². The topological polar surface area (TPSA) is 78.9 Å². The molecule has 0 rings (SSSR count). The molecule has 1 atom stereocenters. The standard InChI is InChI=1S/C65H122O6/c1-4-7-10-13-16-19-22-25-28-30-31-32-33-35-37-40-43-46-49-52-55-58-64(67)70-61-62(60-69-63(66)57-54-51-48-45-42-39-36-27-24-21-18-15-12-9-6-3)71-65(68)59-56-53-50-47-44-41-38-34-29-26-23-20-17-14-11-8-5-2/h26-27,29,36,62H,4-25,28,30-35,37-61H2,1-3H3/b29-26-,36-27-. The van der Waals surface area contributed by atoms with Crippen molar-refractivity contribution in [1.82, 2.24) is 0 Å². The number of esters is 3. The van der Waals surface area contributed by atoms with Gasteiger partial charge in [0.2, 0.25) is 0 Å². The highest BCUT2D eigenvalue weighted by Gasteiger charge is 2.19. The van der Waals surface area contributed by atoms with Crippen molar-refractivity contribution in [3.8, 4) is 0 Å². The number of ether oxygens (including phenoxy) is 3.